The highest BCUT2D eigenvalue weighted by molar-refractivity contribution is 6.33. The number of rotatable bonds is 5. The van der Waals surface area contributed by atoms with Crippen LogP contribution in [0.25, 0.3) is 0 Å². The fourth-order valence-corrected chi connectivity index (χ4v) is 2.42. The molecular formula is C18H13ClF3N3O2. The van der Waals surface area contributed by atoms with Crippen molar-refractivity contribution in [1.29, 1.82) is 0 Å². The molecule has 0 unspecified atom stereocenters. The van der Waals surface area contributed by atoms with Crippen molar-refractivity contribution in [3.8, 4) is 0 Å². The Hall–Kier alpha value is -3.00. The Morgan fingerprint density at radius 2 is 2.00 bits per heavy atom. The molecule has 0 radical (unpaired) electrons. The minimum absolute atomic E-state index is 0.0107. The van der Waals surface area contributed by atoms with Gasteiger partial charge in [-0.3, -0.25) is 9.78 Å². The number of pyridine rings is 1. The SMILES string of the molecule is O=C(Nc1cc(C(F)(F)F)ccc1Cl)c1cc(NCc2ccco2)ccn1. The number of amides is 1. The van der Waals surface area contributed by atoms with E-state index in [1.54, 1.807) is 24.5 Å². The first kappa shape index (κ1) is 18.8. The molecule has 27 heavy (non-hydrogen) atoms. The zero-order valence-corrected chi connectivity index (χ0v) is 14.4. The number of anilines is 2. The first-order valence-electron chi connectivity index (χ1n) is 7.73. The predicted molar refractivity (Wildman–Crippen MR) is 94.7 cm³/mol. The van der Waals surface area contributed by atoms with E-state index in [2.05, 4.69) is 15.6 Å². The smallest absolute Gasteiger partial charge is 0.416 e. The molecule has 1 amide bonds. The second-order valence-corrected chi connectivity index (χ2v) is 5.92. The van der Waals surface area contributed by atoms with Gasteiger partial charge in [0.15, 0.2) is 0 Å². The molecule has 3 rings (SSSR count). The maximum atomic E-state index is 12.8. The molecule has 0 atom stereocenters. The van der Waals surface area contributed by atoms with Gasteiger partial charge in [0.2, 0.25) is 0 Å². The molecule has 9 heteroatoms. The molecule has 0 aliphatic heterocycles. The Labute approximate surface area is 157 Å². The van der Waals surface area contributed by atoms with Crippen molar-refractivity contribution in [3.05, 3.63) is 77.0 Å². The fraction of sp³-hybridized carbons (Fsp3) is 0.111. The minimum atomic E-state index is -4.54. The van der Waals surface area contributed by atoms with E-state index in [0.29, 0.717) is 18.0 Å². The molecule has 0 fully saturated rings. The molecule has 1 aromatic carbocycles. The van der Waals surface area contributed by atoms with Crippen molar-refractivity contribution in [3.63, 3.8) is 0 Å². The highest BCUT2D eigenvalue weighted by atomic mass is 35.5. The van der Waals surface area contributed by atoms with Crippen LogP contribution in [0.2, 0.25) is 5.02 Å². The molecule has 140 valence electrons. The molecule has 2 aromatic heterocycles. The summed E-state index contributed by atoms with van der Waals surface area (Å²) in [6, 6.07) is 9.36. The van der Waals surface area contributed by atoms with Gasteiger partial charge in [-0.1, -0.05) is 11.6 Å². The normalized spacial score (nSPS) is 11.3. The van der Waals surface area contributed by atoms with E-state index in [1.165, 1.54) is 12.3 Å². The zero-order chi connectivity index (χ0) is 19.4. The summed E-state index contributed by atoms with van der Waals surface area (Å²) in [6.07, 6.45) is -1.59. The molecule has 0 aliphatic rings. The molecule has 3 aromatic rings. The Morgan fingerprint density at radius 1 is 1.19 bits per heavy atom. The Bertz CT molecular complexity index is 943. The lowest BCUT2D eigenvalue weighted by molar-refractivity contribution is -0.137. The maximum Gasteiger partial charge on any atom is 0.416 e. The molecule has 2 N–H and O–H groups in total. The van der Waals surface area contributed by atoms with E-state index in [0.717, 1.165) is 18.2 Å². The molecule has 0 bridgehead atoms. The van der Waals surface area contributed by atoms with E-state index in [-0.39, 0.29) is 16.4 Å². The van der Waals surface area contributed by atoms with Crippen LogP contribution >= 0.6 is 11.6 Å². The van der Waals surface area contributed by atoms with Crippen molar-refractivity contribution in [2.45, 2.75) is 12.7 Å². The number of benzene rings is 1. The summed E-state index contributed by atoms with van der Waals surface area (Å²) in [5.74, 6) is 0.0198. The quantitative estimate of drug-likeness (QED) is 0.622. The number of halogens is 4. The second kappa shape index (κ2) is 7.71. The standard InChI is InChI=1S/C18H13ClF3N3O2/c19-14-4-3-11(18(20,21)22)8-15(14)25-17(26)16-9-12(5-6-23-16)24-10-13-2-1-7-27-13/h1-9H,10H2,(H,23,24)(H,25,26). The number of hydrogen-bond donors (Lipinski definition) is 2. The van der Waals surface area contributed by atoms with Crippen LogP contribution in [0.3, 0.4) is 0 Å². The summed E-state index contributed by atoms with van der Waals surface area (Å²) in [5.41, 5.74) is -0.439. The van der Waals surface area contributed by atoms with Gasteiger partial charge in [-0.05, 0) is 42.5 Å². The average Bonchev–Trinajstić information content (AvgIpc) is 3.14. The van der Waals surface area contributed by atoms with Crippen molar-refractivity contribution in [2.75, 3.05) is 10.6 Å². The molecular weight excluding hydrogens is 383 g/mol. The average molecular weight is 396 g/mol. The number of alkyl halides is 3. The Morgan fingerprint density at radius 3 is 2.70 bits per heavy atom. The van der Waals surface area contributed by atoms with Crippen molar-refractivity contribution in [1.82, 2.24) is 4.98 Å². The number of nitrogens with one attached hydrogen (secondary N) is 2. The van der Waals surface area contributed by atoms with Gasteiger partial charge in [0.1, 0.15) is 11.5 Å². The van der Waals surface area contributed by atoms with Crippen LogP contribution in [0.5, 0.6) is 0 Å². The monoisotopic (exact) mass is 395 g/mol. The van der Waals surface area contributed by atoms with E-state index < -0.39 is 17.6 Å². The minimum Gasteiger partial charge on any atom is -0.467 e. The number of carbonyl (C=O) groups is 1. The van der Waals surface area contributed by atoms with Crippen molar-refractivity contribution >= 4 is 28.9 Å². The van der Waals surface area contributed by atoms with Gasteiger partial charge in [-0.2, -0.15) is 13.2 Å². The van der Waals surface area contributed by atoms with E-state index in [9.17, 15) is 18.0 Å². The van der Waals surface area contributed by atoms with Crippen LogP contribution in [0, 0.1) is 0 Å². The predicted octanol–water partition coefficient (Wildman–Crippen LogP) is 5.21. The number of carbonyl (C=O) groups excluding carboxylic acids is 1. The van der Waals surface area contributed by atoms with Crippen LogP contribution in [0.4, 0.5) is 24.5 Å². The number of nitrogens with zero attached hydrogens (tertiary/aromatic N) is 1. The summed E-state index contributed by atoms with van der Waals surface area (Å²) >= 11 is 5.89. The fourth-order valence-electron chi connectivity index (χ4n) is 2.25. The van der Waals surface area contributed by atoms with Crippen LogP contribution < -0.4 is 10.6 Å². The van der Waals surface area contributed by atoms with Gasteiger partial charge in [-0.15, -0.1) is 0 Å². The van der Waals surface area contributed by atoms with Gasteiger partial charge in [0.25, 0.3) is 5.91 Å². The van der Waals surface area contributed by atoms with Gasteiger partial charge >= 0.3 is 6.18 Å². The van der Waals surface area contributed by atoms with E-state index in [1.807, 2.05) is 0 Å². The van der Waals surface area contributed by atoms with Gasteiger partial charge in [0, 0.05) is 11.9 Å². The lowest BCUT2D eigenvalue weighted by atomic mass is 10.2. The third-order valence-corrected chi connectivity index (χ3v) is 3.91. The summed E-state index contributed by atoms with van der Waals surface area (Å²) in [6.45, 7) is 0.400. The molecule has 0 saturated carbocycles. The summed E-state index contributed by atoms with van der Waals surface area (Å²) < 4.78 is 43.7. The summed E-state index contributed by atoms with van der Waals surface area (Å²) in [5, 5.41) is 5.40. The third kappa shape index (κ3) is 4.79. The van der Waals surface area contributed by atoms with Crippen LogP contribution in [0.1, 0.15) is 21.8 Å². The Balaban J connectivity index is 1.74. The molecule has 0 spiro atoms. The maximum absolute atomic E-state index is 12.8. The first-order valence-corrected chi connectivity index (χ1v) is 8.11. The number of furan rings is 1. The Kier molecular flexibility index (Phi) is 5.36. The summed E-state index contributed by atoms with van der Waals surface area (Å²) in [4.78, 5) is 16.3. The number of aromatic nitrogens is 1. The van der Waals surface area contributed by atoms with Crippen LogP contribution in [0.15, 0.2) is 59.3 Å². The zero-order valence-electron chi connectivity index (χ0n) is 13.7. The molecule has 2 heterocycles. The van der Waals surface area contributed by atoms with Crippen LogP contribution in [-0.2, 0) is 12.7 Å². The molecule has 5 nitrogen and oxygen atoms in total. The molecule has 0 aliphatic carbocycles. The van der Waals surface area contributed by atoms with Gasteiger partial charge < -0.3 is 15.1 Å². The van der Waals surface area contributed by atoms with Crippen molar-refractivity contribution < 1.29 is 22.4 Å². The third-order valence-electron chi connectivity index (χ3n) is 3.58. The molecule has 0 saturated heterocycles. The first-order chi connectivity index (χ1) is 12.8. The highest BCUT2D eigenvalue weighted by Crippen LogP contribution is 2.34. The van der Waals surface area contributed by atoms with E-state index in [4.69, 9.17) is 16.0 Å². The largest absolute Gasteiger partial charge is 0.467 e. The van der Waals surface area contributed by atoms with E-state index >= 15 is 0 Å². The van der Waals surface area contributed by atoms with Crippen LogP contribution in [-0.4, -0.2) is 10.9 Å². The van der Waals surface area contributed by atoms with Gasteiger partial charge in [-0.25, -0.2) is 0 Å². The topological polar surface area (TPSA) is 67.2 Å². The second-order valence-electron chi connectivity index (χ2n) is 5.51. The van der Waals surface area contributed by atoms with Gasteiger partial charge in [0.05, 0.1) is 29.1 Å². The van der Waals surface area contributed by atoms with Crippen molar-refractivity contribution in [2.24, 2.45) is 0 Å². The lowest BCUT2D eigenvalue weighted by Crippen LogP contribution is -2.15. The summed E-state index contributed by atoms with van der Waals surface area (Å²) in [7, 11) is 0. The lowest BCUT2D eigenvalue weighted by Gasteiger charge is -2.12. The number of hydrogen-bond acceptors (Lipinski definition) is 4. The highest BCUT2D eigenvalue weighted by Gasteiger charge is 2.31.